The van der Waals surface area contributed by atoms with Crippen molar-refractivity contribution in [1.29, 1.82) is 0 Å². The Morgan fingerprint density at radius 3 is 2.27 bits per heavy atom. The van der Waals surface area contributed by atoms with E-state index >= 15 is 0 Å². The molecule has 2 aromatic heterocycles. The first kappa shape index (κ1) is 21.0. The van der Waals surface area contributed by atoms with Crippen molar-refractivity contribution in [3.63, 3.8) is 0 Å². The Morgan fingerprint density at radius 1 is 0.885 bits per heavy atom. The summed E-state index contributed by atoms with van der Waals surface area (Å²) in [6, 6.07) is 7.37. The number of Topliss-reactive ketones (excluding diaryl/α,β-unsaturated/α-hetero) is 1. The summed E-state index contributed by atoms with van der Waals surface area (Å²) in [6.07, 6.45) is 3.59. The minimum Gasteiger partial charge on any atom is -0.318 e. The molecule has 2 N–H and O–H groups in total. The lowest BCUT2D eigenvalue weighted by Crippen LogP contribution is -2.12. The Labute approximate surface area is 154 Å². The number of nitrogens with zero attached hydrogens (tertiary/aromatic N) is 2. The first-order valence-corrected chi connectivity index (χ1v) is 8.76. The number of carbonyl (C=O) groups excluding carboxylic acids is 2. The summed E-state index contributed by atoms with van der Waals surface area (Å²) < 4.78 is 0. The van der Waals surface area contributed by atoms with E-state index in [-0.39, 0.29) is 0 Å². The molecule has 26 heavy (non-hydrogen) atoms. The van der Waals surface area contributed by atoms with Crippen LogP contribution in [0.4, 0.5) is 5.69 Å². The zero-order valence-electron chi connectivity index (χ0n) is 16.2. The molecule has 4 rings (SSSR count). The molecule has 0 fully saturated rings. The summed E-state index contributed by atoms with van der Waals surface area (Å²) in [6.45, 7) is 11.9. The molecule has 138 valence electrons. The van der Waals surface area contributed by atoms with Crippen LogP contribution in [0.1, 0.15) is 49.2 Å². The van der Waals surface area contributed by atoms with Gasteiger partial charge in [0.25, 0.3) is 11.7 Å². The highest BCUT2D eigenvalue weighted by molar-refractivity contribution is 6.51. The molecule has 6 nitrogen and oxygen atoms in total. The average molecular weight is 354 g/mol. The average Bonchev–Trinajstić information content (AvgIpc) is 3.24. The molecule has 0 atom stereocenters. The minimum absolute atomic E-state index is 0.436. The van der Waals surface area contributed by atoms with Crippen molar-refractivity contribution in [2.45, 2.75) is 41.5 Å². The van der Waals surface area contributed by atoms with E-state index in [1.807, 2.05) is 59.9 Å². The number of rotatable bonds is 0. The first-order chi connectivity index (χ1) is 12.5. The largest absolute Gasteiger partial charge is 0.318 e. The van der Waals surface area contributed by atoms with E-state index in [2.05, 4.69) is 20.5 Å². The van der Waals surface area contributed by atoms with Gasteiger partial charge in [-0.1, -0.05) is 39.3 Å². The maximum Gasteiger partial charge on any atom is 0.296 e. The summed E-state index contributed by atoms with van der Waals surface area (Å²) in [4.78, 5) is 26.1. The fourth-order valence-corrected chi connectivity index (χ4v) is 2.20. The lowest BCUT2D eigenvalue weighted by molar-refractivity contribution is -0.112. The number of anilines is 1. The molecule has 3 aromatic rings. The van der Waals surface area contributed by atoms with Crippen molar-refractivity contribution in [1.82, 2.24) is 15.2 Å². The number of aromatic amines is 1. The maximum absolute atomic E-state index is 11.1. The summed E-state index contributed by atoms with van der Waals surface area (Å²) in [5, 5.41) is 10.2. The molecule has 1 aliphatic rings. The molecule has 1 aromatic carbocycles. The number of hydrogen-bond acceptors (Lipinski definition) is 4. The van der Waals surface area contributed by atoms with Crippen molar-refractivity contribution in [2.75, 3.05) is 5.32 Å². The van der Waals surface area contributed by atoms with Gasteiger partial charge in [0.1, 0.15) is 0 Å². The van der Waals surface area contributed by atoms with E-state index in [1.54, 1.807) is 18.3 Å². The van der Waals surface area contributed by atoms with E-state index in [0.29, 0.717) is 11.3 Å². The monoisotopic (exact) mass is 354 g/mol. The second-order valence-electron chi connectivity index (χ2n) is 5.15. The van der Waals surface area contributed by atoms with Gasteiger partial charge in [-0.15, -0.1) is 0 Å². The Bertz CT molecular complexity index is 884. The predicted molar refractivity (Wildman–Crippen MR) is 105 cm³/mol. The van der Waals surface area contributed by atoms with Gasteiger partial charge >= 0.3 is 0 Å². The van der Waals surface area contributed by atoms with Crippen molar-refractivity contribution in [3.8, 4) is 0 Å². The number of pyridine rings is 1. The van der Waals surface area contributed by atoms with Gasteiger partial charge in [-0.2, -0.15) is 5.10 Å². The fraction of sp³-hybridized carbons (Fsp3) is 0.300. The highest BCUT2D eigenvalue weighted by Crippen LogP contribution is 2.23. The lowest BCUT2D eigenvalue weighted by Gasteiger charge is -1.96. The van der Waals surface area contributed by atoms with Crippen LogP contribution in [0.3, 0.4) is 0 Å². The van der Waals surface area contributed by atoms with Crippen molar-refractivity contribution >= 4 is 28.4 Å². The number of H-pyrrole nitrogens is 1. The number of benzene rings is 1. The molecule has 6 heteroatoms. The topological polar surface area (TPSA) is 87.7 Å². The number of amides is 1. The maximum atomic E-state index is 11.1. The summed E-state index contributed by atoms with van der Waals surface area (Å²) in [7, 11) is 0. The molecule has 0 bridgehead atoms. The van der Waals surface area contributed by atoms with E-state index in [9.17, 15) is 9.59 Å². The van der Waals surface area contributed by atoms with Gasteiger partial charge in [0.2, 0.25) is 0 Å². The van der Waals surface area contributed by atoms with Gasteiger partial charge in [-0.25, -0.2) is 4.98 Å². The normalized spacial score (nSPS) is 11.2. The van der Waals surface area contributed by atoms with Crippen molar-refractivity contribution in [2.24, 2.45) is 0 Å². The number of carbonyl (C=O) groups is 2. The number of ketones is 1. The third-order valence-electron chi connectivity index (χ3n) is 3.30. The molecule has 0 saturated heterocycles. The Balaban J connectivity index is 0.000000221. The minimum atomic E-state index is -0.532. The van der Waals surface area contributed by atoms with E-state index in [4.69, 9.17) is 0 Å². The van der Waals surface area contributed by atoms with E-state index in [1.165, 1.54) is 0 Å². The molecule has 1 aliphatic heterocycles. The molecule has 1 amide bonds. The van der Waals surface area contributed by atoms with Crippen molar-refractivity contribution in [3.05, 3.63) is 53.3 Å². The third kappa shape index (κ3) is 4.99. The van der Waals surface area contributed by atoms with Crippen LogP contribution in [0.25, 0.3) is 11.0 Å². The third-order valence-corrected chi connectivity index (χ3v) is 3.30. The Morgan fingerprint density at radius 2 is 1.58 bits per heavy atom. The van der Waals surface area contributed by atoms with Crippen LogP contribution in [-0.2, 0) is 4.79 Å². The quantitative estimate of drug-likeness (QED) is 0.584. The number of aromatic nitrogens is 3. The lowest BCUT2D eigenvalue weighted by atomic mass is 10.1. The molecule has 0 saturated carbocycles. The van der Waals surface area contributed by atoms with Crippen molar-refractivity contribution < 1.29 is 9.59 Å². The van der Waals surface area contributed by atoms with Gasteiger partial charge in [0.15, 0.2) is 5.65 Å². The van der Waals surface area contributed by atoms with Crippen LogP contribution < -0.4 is 5.32 Å². The van der Waals surface area contributed by atoms with E-state index in [0.717, 1.165) is 22.2 Å². The smallest absolute Gasteiger partial charge is 0.296 e. The van der Waals surface area contributed by atoms with Gasteiger partial charge in [0, 0.05) is 11.6 Å². The first-order valence-electron chi connectivity index (χ1n) is 8.76. The standard InChI is InChI=1S/C9H7NO2.C7H7N3.2C2H6/c1-5-2-3-7-6(4-5)8(11)9(12)10-7;1-5-2-6-4-9-10-7(6)8-3-5;2*1-2/h2-4H,1H3,(H,10,11,12);2-4H,1H3,(H,8,9,10);2*1-2H3. The van der Waals surface area contributed by atoms with Crippen LogP contribution in [-0.4, -0.2) is 26.9 Å². The summed E-state index contributed by atoms with van der Waals surface area (Å²) >= 11 is 0. The second kappa shape index (κ2) is 10.1. The van der Waals surface area contributed by atoms with Crippen LogP contribution in [0.2, 0.25) is 0 Å². The van der Waals surface area contributed by atoms with E-state index < -0.39 is 11.7 Å². The number of hydrogen-bond donors (Lipinski definition) is 2. The number of aryl methyl sites for hydroxylation is 2. The van der Waals surface area contributed by atoms with Gasteiger partial charge < -0.3 is 5.32 Å². The predicted octanol–water partition coefficient (Wildman–Crippen LogP) is 4.45. The SMILES string of the molecule is CC.CC.Cc1ccc2c(c1)C(=O)C(=O)N2.Cc1cnc2[nH]ncc2c1. The molecule has 0 aliphatic carbocycles. The Hall–Kier alpha value is -3.02. The molecule has 0 radical (unpaired) electrons. The Kier molecular flexibility index (Phi) is 8.15. The summed E-state index contributed by atoms with van der Waals surface area (Å²) in [5.74, 6) is -0.968. The molecule has 3 heterocycles. The van der Waals surface area contributed by atoms with Gasteiger partial charge in [-0.3, -0.25) is 14.7 Å². The molecule has 0 unspecified atom stereocenters. The number of nitrogens with one attached hydrogen (secondary N) is 2. The van der Waals surface area contributed by atoms with Crippen LogP contribution >= 0.6 is 0 Å². The zero-order chi connectivity index (χ0) is 19.7. The van der Waals surface area contributed by atoms with Gasteiger partial charge in [-0.05, 0) is 37.6 Å². The van der Waals surface area contributed by atoms with Crippen LogP contribution in [0.15, 0.2) is 36.7 Å². The second-order valence-corrected chi connectivity index (χ2v) is 5.15. The number of fused-ring (bicyclic) bond motifs is 2. The van der Waals surface area contributed by atoms with Gasteiger partial charge in [0.05, 0.1) is 17.4 Å². The fourth-order valence-electron chi connectivity index (χ4n) is 2.20. The highest BCUT2D eigenvalue weighted by Gasteiger charge is 2.27. The van der Waals surface area contributed by atoms with Crippen LogP contribution in [0.5, 0.6) is 0 Å². The molecular weight excluding hydrogens is 328 g/mol. The zero-order valence-corrected chi connectivity index (χ0v) is 16.2. The van der Waals surface area contributed by atoms with Crippen LogP contribution in [0, 0.1) is 13.8 Å². The molecular formula is C20H26N4O2. The summed E-state index contributed by atoms with van der Waals surface area (Å²) in [5.41, 5.74) is 4.11. The molecule has 0 spiro atoms. The highest BCUT2D eigenvalue weighted by atomic mass is 16.2.